The Kier molecular flexibility index (Phi) is 4.87. The van der Waals surface area contributed by atoms with Crippen molar-refractivity contribution in [1.29, 1.82) is 0 Å². The van der Waals surface area contributed by atoms with Gasteiger partial charge >= 0.3 is 0 Å². The smallest absolute Gasteiger partial charge is 0.262 e. The number of nitrogens with one attached hydrogen (secondary N) is 1. The lowest BCUT2D eigenvalue weighted by Gasteiger charge is -2.11. The highest BCUT2D eigenvalue weighted by Gasteiger charge is 2.10. The maximum atomic E-state index is 11.8. The maximum absolute atomic E-state index is 11.8. The van der Waals surface area contributed by atoms with Crippen LogP contribution in [0.3, 0.4) is 0 Å². The van der Waals surface area contributed by atoms with Gasteiger partial charge in [0.05, 0.1) is 16.4 Å². The molecule has 0 fully saturated rings. The van der Waals surface area contributed by atoms with Crippen LogP contribution >= 0.6 is 27.5 Å². The van der Waals surface area contributed by atoms with Crippen molar-refractivity contribution in [3.63, 3.8) is 0 Å². The molecule has 2 aromatic carbocycles. The third-order valence-corrected chi connectivity index (χ3v) is 3.48. The first-order valence-corrected chi connectivity index (χ1v) is 6.96. The first-order chi connectivity index (χ1) is 9.58. The predicted molar refractivity (Wildman–Crippen MR) is 84.1 cm³/mol. The monoisotopic (exact) mass is 354 g/mol. The van der Waals surface area contributed by atoms with E-state index in [1.165, 1.54) is 0 Å². The Bertz CT molecular complexity index is 614. The molecule has 0 saturated heterocycles. The molecule has 6 heteroatoms. The molecule has 0 spiro atoms. The fourth-order valence-electron chi connectivity index (χ4n) is 1.56. The third-order valence-electron chi connectivity index (χ3n) is 2.49. The Hall–Kier alpha value is -1.72. The second kappa shape index (κ2) is 6.63. The molecular formula is C14H12BrClN2O2. The predicted octanol–water partition coefficient (Wildman–Crippen LogP) is 3.70. The fraction of sp³-hybridized carbons (Fsp3) is 0.0714. The van der Waals surface area contributed by atoms with Gasteiger partial charge in [-0.2, -0.15) is 0 Å². The summed E-state index contributed by atoms with van der Waals surface area (Å²) in [5.74, 6) is 0.0210. The van der Waals surface area contributed by atoms with Crippen molar-refractivity contribution in [3.8, 4) is 5.75 Å². The van der Waals surface area contributed by atoms with E-state index in [9.17, 15) is 4.79 Å². The topological polar surface area (TPSA) is 64.3 Å². The van der Waals surface area contributed by atoms with E-state index in [1.54, 1.807) is 24.3 Å². The number of halogens is 2. The van der Waals surface area contributed by atoms with Crippen molar-refractivity contribution < 1.29 is 9.53 Å². The molecule has 2 aromatic rings. The number of benzene rings is 2. The Labute approximate surface area is 130 Å². The summed E-state index contributed by atoms with van der Waals surface area (Å²) in [5, 5.41) is 3.10. The van der Waals surface area contributed by atoms with Gasteiger partial charge in [0.1, 0.15) is 0 Å². The summed E-state index contributed by atoms with van der Waals surface area (Å²) in [6.45, 7) is -0.171. The van der Waals surface area contributed by atoms with E-state index in [1.807, 2.05) is 18.2 Å². The number of rotatable bonds is 4. The lowest BCUT2D eigenvalue weighted by atomic mass is 10.3. The van der Waals surface area contributed by atoms with Gasteiger partial charge < -0.3 is 15.8 Å². The van der Waals surface area contributed by atoms with Crippen molar-refractivity contribution in [2.24, 2.45) is 0 Å². The quantitative estimate of drug-likeness (QED) is 0.822. The maximum Gasteiger partial charge on any atom is 0.262 e. The van der Waals surface area contributed by atoms with Crippen molar-refractivity contribution in [2.45, 2.75) is 0 Å². The molecule has 0 saturated carbocycles. The highest BCUT2D eigenvalue weighted by atomic mass is 79.9. The highest BCUT2D eigenvalue weighted by molar-refractivity contribution is 9.10. The second-order valence-electron chi connectivity index (χ2n) is 3.97. The van der Waals surface area contributed by atoms with E-state index in [0.717, 1.165) is 4.47 Å². The van der Waals surface area contributed by atoms with Crippen LogP contribution in [-0.2, 0) is 4.79 Å². The van der Waals surface area contributed by atoms with Crippen LogP contribution in [0.4, 0.5) is 11.4 Å². The Balaban J connectivity index is 1.98. The number of nitrogens with two attached hydrogens (primary N) is 1. The van der Waals surface area contributed by atoms with E-state index in [0.29, 0.717) is 22.1 Å². The Morgan fingerprint density at radius 1 is 1.25 bits per heavy atom. The van der Waals surface area contributed by atoms with E-state index in [2.05, 4.69) is 21.2 Å². The third kappa shape index (κ3) is 3.65. The molecule has 3 N–H and O–H groups in total. The lowest BCUT2D eigenvalue weighted by molar-refractivity contribution is -0.118. The van der Waals surface area contributed by atoms with Crippen molar-refractivity contribution >= 4 is 44.8 Å². The zero-order valence-electron chi connectivity index (χ0n) is 10.4. The number of para-hydroxylation sites is 2. The molecule has 4 nitrogen and oxygen atoms in total. The molecule has 0 aliphatic rings. The molecule has 1 amide bonds. The number of anilines is 2. The van der Waals surface area contributed by atoms with Gasteiger partial charge in [-0.15, -0.1) is 0 Å². The number of carbonyl (C=O) groups excluding carboxylic acids is 1. The number of nitrogen functional groups attached to an aromatic ring is 1. The highest BCUT2D eigenvalue weighted by Crippen LogP contribution is 2.30. The molecule has 0 radical (unpaired) electrons. The number of hydrogen-bond donors (Lipinski definition) is 2. The van der Waals surface area contributed by atoms with Crippen LogP contribution < -0.4 is 15.8 Å². The molecule has 0 aromatic heterocycles. The molecule has 0 bridgehead atoms. The molecule has 2 rings (SSSR count). The van der Waals surface area contributed by atoms with Crippen LogP contribution in [-0.4, -0.2) is 12.5 Å². The molecule has 0 aliphatic heterocycles. The molecule has 0 heterocycles. The molecule has 104 valence electrons. The van der Waals surface area contributed by atoms with Gasteiger partial charge in [-0.05, 0) is 40.2 Å². The summed E-state index contributed by atoms with van der Waals surface area (Å²) in [6.07, 6.45) is 0. The fourth-order valence-corrected chi connectivity index (χ4v) is 2.18. The zero-order chi connectivity index (χ0) is 14.5. The molecule has 0 unspecified atom stereocenters. The molecule has 20 heavy (non-hydrogen) atoms. The van der Waals surface area contributed by atoms with Gasteiger partial charge in [0, 0.05) is 4.47 Å². The average molecular weight is 356 g/mol. The van der Waals surface area contributed by atoms with Gasteiger partial charge in [-0.3, -0.25) is 4.79 Å². The van der Waals surface area contributed by atoms with E-state index in [-0.39, 0.29) is 12.5 Å². The summed E-state index contributed by atoms with van der Waals surface area (Å²) in [5.41, 5.74) is 6.80. The summed E-state index contributed by atoms with van der Waals surface area (Å²) in [6, 6.07) is 12.3. The minimum Gasteiger partial charge on any atom is -0.480 e. The SMILES string of the molecule is Nc1cccc(Cl)c1OCC(=O)Nc1ccccc1Br. The number of carbonyl (C=O) groups is 1. The number of hydrogen-bond acceptors (Lipinski definition) is 3. The standard InChI is InChI=1S/C14H12BrClN2O2/c15-9-4-1-2-7-12(9)18-13(19)8-20-14-10(16)5-3-6-11(14)17/h1-7H,8,17H2,(H,18,19). The molecular weight excluding hydrogens is 344 g/mol. The second-order valence-corrected chi connectivity index (χ2v) is 5.24. The zero-order valence-corrected chi connectivity index (χ0v) is 12.7. The van der Waals surface area contributed by atoms with Gasteiger partial charge in [0.25, 0.3) is 5.91 Å². The van der Waals surface area contributed by atoms with Crippen LogP contribution in [0.2, 0.25) is 5.02 Å². The number of ether oxygens (including phenoxy) is 1. The first kappa shape index (κ1) is 14.7. The summed E-state index contributed by atoms with van der Waals surface area (Å²) in [7, 11) is 0. The molecule has 0 aliphatic carbocycles. The summed E-state index contributed by atoms with van der Waals surface area (Å²) >= 11 is 9.30. The minimum atomic E-state index is -0.295. The Morgan fingerprint density at radius 2 is 2.00 bits per heavy atom. The Morgan fingerprint density at radius 3 is 2.70 bits per heavy atom. The van der Waals surface area contributed by atoms with Crippen LogP contribution in [0, 0.1) is 0 Å². The van der Waals surface area contributed by atoms with Crippen LogP contribution in [0.5, 0.6) is 5.75 Å². The minimum absolute atomic E-state index is 0.171. The van der Waals surface area contributed by atoms with Gasteiger partial charge in [0.15, 0.2) is 12.4 Å². The number of amides is 1. The average Bonchev–Trinajstić information content (AvgIpc) is 2.41. The lowest BCUT2D eigenvalue weighted by Crippen LogP contribution is -2.20. The van der Waals surface area contributed by atoms with Crippen molar-refractivity contribution in [1.82, 2.24) is 0 Å². The first-order valence-electron chi connectivity index (χ1n) is 5.79. The van der Waals surface area contributed by atoms with E-state index in [4.69, 9.17) is 22.1 Å². The van der Waals surface area contributed by atoms with Crippen LogP contribution in [0.25, 0.3) is 0 Å². The summed E-state index contributed by atoms with van der Waals surface area (Å²) < 4.78 is 6.15. The normalized spacial score (nSPS) is 10.1. The van der Waals surface area contributed by atoms with Gasteiger partial charge in [-0.25, -0.2) is 0 Å². The van der Waals surface area contributed by atoms with E-state index < -0.39 is 0 Å². The van der Waals surface area contributed by atoms with Crippen molar-refractivity contribution in [3.05, 3.63) is 52.0 Å². The largest absolute Gasteiger partial charge is 0.480 e. The molecule has 0 atom stereocenters. The van der Waals surface area contributed by atoms with Crippen LogP contribution in [0.1, 0.15) is 0 Å². The van der Waals surface area contributed by atoms with Gasteiger partial charge in [0.2, 0.25) is 0 Å². The van der Waals surface area contributed by atoms with Gasteiger partial charge in [-0.1, -0.05) is 29.8 Å². The summed E-state index contributed by atoms with van der Waals surface area (Å²) in [4.78, 5) is 11.8. The van der Waals surface area contributed by atoms with E-state index >= 15 is 0 Å². The van der Waals surface area contributed by atoms with Crippen molar-refractivity contribution in [2.75, 3.05) is 17.7 Å². The van der Waals surface area contributed by atoms with Crippen LogP contribution in [0.15, 0.2) is 46.9 Å².